The number of nitrogens with zero attached hydrogens (tertiary/aromatic N) is 1. The second-order valence-electron chi connectivity index (χ2n) is 5.52. The molecule has 8 nitrogen and oxygen atoms in total. The maximum atomic E-state index is 11.8. The Morgan fingerprint density at radius 3 is 2.54 bits per heavy atom. The van der Waals surface area contributed by atoms with Gasteiger partial charge in [-0.05, 0) is 35.9 Å². The van der Waals surface area contributed by atoms with Gasteiger partial charge in [-0.1, -0.05) is 18.2 Å². The number of hydrogen-bond acceptors (Lipinski definition) is 6. The number of ether oxygens (including phenoxy) is 2. The summed E-state index contributed by atoms with van der Waals surface area (Å²) in [4.78, 5) is 23.5. The van der Waals surface area contributed by atoms with Crippen molar-refractivity contribution in [2.24, 2.45) is 5.10 Å². The summed E-state index contributed by atoms with van der Waals surface area (Å²) < 4.78 is 10.0. The normalized spacial score (nSPS) is 10.8. The average molecular weight is 383 g/mol. The molecule has 2 amide bonds. The summed E-state index contributed by atoms with van der Waals surface area (Å²) in [7, 11) is 3.01. The van der Waals surface area contributed by atoms with E-state index >= 15 is 0 Å². The Kier molecular flexibility index (Phi) is 7.59. The number of hydrogen-bond donors (Lipinski definition) is 3. The highest BCUT2D eigenvalue weighted by molar-refractivity contribution is 5.94. The third-order valence-electron chi connectivity index (χ3n) is 3.61. The number of benzene rings is 2. The topological polar surface area (TPSA) is 109 Å². The van der Waals surface area contributed by atoms with Gasteiger partial charge in [0.2, 0.25) is 5.91 Å². The van der Waals surface area contributed by atoms with E-state index in [-0.39, 0.29) is 12.3 Å². The first kappa shape index (κ1) is 20.5. The molecule has 0 aliphatic carbocycles. The Balaban J connectivity index is 1.78. The first-order chi connectivity index (χ1) is 13.5. The largest absolute Gasteiger partial charge is 0.504 e. The fourth-order valence-corrected chi connectivity index (χ4v) is 2.13. The number of rotatable bonds is 8. The minimum absolute atomic E-state index is 0.0834. The van der Waals surface area contributed by atoms with Crippen LogP contribution in [-0.2, 0) is 9.59 Å². The minimum Gasteiger partial charge on any atom is -0.504 e. The molecule has 0 aliphatic rings. The Morgan fingerprint density at radius 2 is 1.86 bits per heavy atom. The maximum Gasteiger partial charge on any atom is 0.259 e. The van der Waals surface area contributed by atoms with Crippen LogP contribution in [-0.4, -0.2) is 43.9 Å². The van der Waals surface area contributed by atoms with Crippen molar-refractivity contribution in [3.05, 3.63) is 59.7 Å². The molecule has 8 heteroatoms. The molecule has 2 aromatic rings. The van der Waals surface area contributed by atoms with E-state index < -0.39 is 11.8 Å². The van der Waals surface area contributed by atoms with E-state index in [9.17, 15) is 14.7 Å². The van der Waals surface area contributed by atoms with E-state index in [2.05, 4.69) is 15.8 Å². The van der Waals surface area contributed by atoms with Gasteiger partial charge >= 0.3 is 0 Å². The average Bonchev–Trinajstić information content (AvgIpc) is 2.72. The van der Waals surface area contributed by atoms with Crippen molar-refractivity contribution < 1.29 is 24.2 Å². The smallest absolute Gasteiger partial charge is 0.259 e. The second kappa shape index (κ2) is 10.4. The lowest BCUT2D eigenvalue weighted by atomic mass is 10.2. The van der Waals surface area contributed by atoms with Crippen LogP contribution in [0.1, 0.15) is 11.1 Å². The van der Waals surface area contributed by atoms with Gasteiger partial charge in [0, 0.05) is 11.6 Å². The maximum absolute atomic E-state index is 11.8. The zero-order valence-electron chi connectivity index (χ0n) is 15.5. The molecule has 2 aromatic carbocycles. The molecule has 0 unspecified atom stereocenters. The summed E-state index contributed by atoms with van der Waals surface area (Å²) in [6.07, 6.45) is 4.23. The minimum atomic E-state index is -0.509. The second-order valence-corrected chi connectivity index (χ2v) is 5.52. The van der Waals surface area contributed by atoms with Crippen molar-refractivity contribution in [2.75, 3.05) is 20.8 Å². The number of methoxy groups -OCH3 is 2. The van der Waals surface area contributed by atoms with Gasteiger partial charge in [0.1, 0.15) is 5.75 Å². The van der Waals surface area contributed by atoms with Crippen LogP contribution in [0.25, 0.3) is 6.08 Å². The van der Waals surface area contributed by atoms with Crippen LogP contribution in [0.5, 0.6) is 17.2 Å². The highest BCUT2D eigenvalue weighted by atomic mass is 16.5. The van der Waals surface area contributed by atoms with Gasteiger partial charge in [0.25, 0.3) is 5.91 Å². The van der Waals surface area contributed by atoms with Crippen LogP contribution < -0.4 is 20.2 Å². The number of para-hydroxylation sites is 1. The molecule has 3 N–H and O–H groups in total. The molecule has 0 saturated heterocycles. The lowest BCUT2D eigenvalue weighted by molar-refractivity contribution is -0.123. The van der Waals surface area contributed by atoms with Crippen LogP contribution in [0.15, 0.2) is 53.6 Å². The molecular weight excluding hydrogens is 362 g/mol. The molecule has 0 radical (unpaired) electrons. The zero-order chi connectivity index (χ0) is 20.4. The van der Waals surface area contributed by atoms with Crippen LogP contribution in [0.2, 0.25) is 0 Å². The Bertz CT molecular complexity index is 876. The van der Waals surface area contributed by atoms with Crippen molar-refractivity contribution in [1.82, 2.24) is 10.7 Å². The first-order valence-corrected chi connectivity index (χ1v) is 8.31. The quantitative estimate of drug-likeness (QED) is 0.365. The number of phenols is 1. The van der Waals surface area contributed by atoms with Gasteiger partial charge in [-0.15, -0.1) is 0 Å². The van der Waals surface area contributed by atoms with Crippen molar-refractivity contribution in [1.29, 1.82) is 0 Å². The Morgan fingerprint density at radius 1 is 1.11 bits per heavy atom. The number of amides is 2. The summed E-state index contributed by atoms with van der Waals surface area (Å²) in [5.74, 6) is 0.0115. The van der Waals surface area contributed by atoms with Crippen molar-refractivity contribution in [3.8, 4) is 17.2 Å². The van der Waals surface area contributed by atoms with E-state index in [1.165, 1.54) is 19.4 Å². The molecule has 2 rings (SSSR count). The Labute approximate surface area is 162 Å². The molecular formula is C20H21N3O5. The van der Waals surface area contributed by atoms with Gasteiger partial charge in [0.15, 0.2) is 11.5 Å². The van der Waals surface area contributed by atoms with Crippen LogP contribution in [0.3, 0.4) is 0 Å². The predicted molar refractivity (Wildman–Crippen MR) is 105 cm³/mol. The summed E-state index contributed by atoms with van der Waals surface area (Å²) in [5.41, 5.74) is 3.47. The van der Waals surface area contributed by atoms with Gasteiger partial charge < -0.3 is 19.9 Å². The van der Waals surface area contributed by atoms with E-state index in [4.69, 9.17) is 9.47 Å². The molecule has 0 spiro atoms. The molecule has 0 atom stereocenters. The SMILES string of the molecule is COc1ccc(/C=C\C(=O)NCC(=O)N/N=C/c2cccc(OC)c2O)cc1. The van der Waals surface area contributed by atoms with Crippen LogP contribution in [0, 0.1) is 0 Å². The van der Waals surface area contributed by atoms with E-state index in [0.29, 0.717) is 11.3 Å². The summed E-state index contributed by atoms with van der Waals surface area (Å²) in [6.45, 7) is -0.243. The third kappa shape index (κ3) is 6.17. The highest BCUT2D eigenvalue weighted by Gasteiger charge is 2.05. The number of carbonyl (C=O) groups is 2. The van der Waals surface area contributed by atoms with Crippen LogP contribution in [0.4, 0.5) is 0 Å². The summed E-state index contributed by atoms with van der Waals surface area (Å²) >= 11 is 0. The van der Waals surface area contributed by atoms with Gasteiger partial charge in [-0.2, -0.15) is 5.10 Å². The standard InChI is InChI=1S/C20H21N3O5/c1-27-16-9-6-14(7-10-16)8-11-18(24)21-13-19(25)23-22-12-15-4-3-5-17(28-2)20(15)26/h3-12,26H,13H2,1-2H3,(H,21,24)(H,23,25)/b11-8-,22-12+. The monoisotopic (exact) mass is 383 g/mol. The molecule has 0 fully saturated rings. The van der Waals surface area contributed by atoms with Gasteiger partial charge in [-0.25, -0.2) is 5.43 Å². The summed E-state index contributed by atoms with van der Waals surface area (Å²) in [6, 6.07) is 12.1. The van der Waals surface area contributed by atoms with E-state index in [1.807, 2.05) is 0 Å². The van der Waals surface area contributed by atoms with Gasteiger partial charge in [-0.3, -0.25) is 9.59 Å². The highest BCUT2D eigenvalue weighted by Crippen LogP contribution is 2.27. The molecule has 0 bridgehead atoms. The molecule has 28 heavy (non-hydrogen) atoms. The lowest BCUT2D eigenvalue weighted by Gasteiger charge is -2.05. The summed E-state index contributed by atoms with van der Waals surface area (Å²) in [5, 5.41) is 16.1. The number of hydrazone groups is 1. The molecule has 0 aliphatic heterocycles. The fourth-order valence-electron chi connectivity index (χ4n) is 2.13. The van der Waals surface area contributed by atoms with Crippen molar-refractivity contribution >= 4 is 24.1 Å². The lowest BCUT2D eigenvalue weighted by Crippen LogP contribution is -2.34. The molecule has 0 aromatic heterocycles. The first-order valence-electron chi connectivity index (χ1n) is 8.31. The fraction of sp³-hybridized carbons (Fsp3) is 0.150. The van der Waals surface area contributed by atoms with Crippen molar-refractivity contribution in [2.45, 2.75) is 0 Å². The number of nitrogens with one attached hydrogen (secondary N) is 2. The Hall–Kier alpha value is -3.81. The van der Waals surface area contributed by atoms with Crippen molar-refractivity contribution in [3.63, 3.8) is 0 Å². The zero-order valence-corrected chi connectivity index (χ0v) is 15.5. The van der Waals surface area contributed by atoms with Crippen LogP contribution >= 0.6 is 0 Å². The third-order valence-corrected chi connectivity index (χ3v) is 3.61. The molecule has 0 saturated carbocycles. The van der Waals surface area contributed by atoms with Gasteiger partial charge in [0.05, 0.1) is 27.0 Å². The van der Waals surface area contributed by atoms with E-state index in [0.717, 1.165) is 11.3 Å². The molecule has 0 heterocycles. The molecule has 146 valence electrons. The number of phenolic OH excluding ortho intramolecular Hbond substituents is 1. The number of carbonyl (C=O) groups excluding carboxylic acids is 2. The number of aromatic hydroxyl groups is 1. The predicted octanol–water partition coefficient (Wildman–Crippen LogP) is 1.69. The van der Waals surface area contributed by atoms with E-state index in [1.54, 1.807) is 55.7 Å².